The minimum absolute atomic E-state index is 0.178. The molecule has 0 aromatic carbocycles. The molecule has 0 spiro atoms. The van der Waals surface area contributed by atoms with Crippen molar-refractivity contribution in [2.24, 2.45) is 17.8 Å². The van der Waals surface area contributed by atoms with Crippen molar-refractivity contribution in [3.63, 3.8) is 0 Å². The summed E-state index contributed by atoms with van der Waals surface area (Å²) in [7, 11) is 0. The van der Waals surface area contributed by atoms with Crippen LogP contribution in [0.25, 0.3) is 0 Å². The molecule has 1 unspecified atom stereocenters. The highest BCUT2D eigenvalue weighted by molar-refractivity contribution is 5.26. The molecular weight excluding hydrogens is 128 g/mol. The molecule has 3 fully saturated rings. The Hall–Kier alpha value is -0.0800. The van der Waals surface area contributed by atoms with Crippen LogP contribution < -0.4 is 0 Å². The maximum atomic E-state index is 9.88. The molecule has 0 saturated heterocycles. The molecule has 3 saturated carbocycles. The standard InChI is InChI=1S/C8H12O2/c9-6-3-4-1-2-5-7(6)8(4,5)10/h4-7,9-10H,1-3H2/t4-,5-,6?,7-,8-/m1/s1. The van der Waals surface area contributed by atoms with Gasteiger partial charge in [0.25, 0.3) is 0 Å². The molecule has 3 aliphatic carbocycles. The quantitative estimate of drug-likeness (QED) is 0.502. The summed E-state index contributed by atoms with van der Waals surface area (Å²) < 4.78 is 0. The fourth-order valence-corrected chi connectivity index (χ4v) is 3.42. The third kappa shape index (κ3) is 0.350. The van der Waals surface area contributed by atoms with Crippen molar-refractivity contribution in [3.8, 4) is 0 Å². The highest BCUT2D eigenvalue weighted by Gasteiger charge is 2.76. The molecule has 0 bridgehead atoms. The molecular formula is C8H12O2. The van der Waals surface area contributed by atoms with Crippen LogP contribution in [0.3, 0.4) is 0 Å². The van der Waals surface area contributed by atoms with Crippen molar-refractivity contribution in [3.05, 3.63) is 0 Å². The minimum Gasteiger partial charge on any atom is -0.393 e. The SMILES string of the molecule is OC1C[C@H]2CC[C@@H]3[C@H]1[C@@]23O. The Bertz CT molecular complexity index is 188. The van der Waals surface area contributed by atoms with E-state index in [0.29, 0.717) is 11.8 Å². The second kappa shape index (κ2) is 1.28. The minimum atomic E-state index is -0.389. The van der Waals surface area contributed by atoms with Gasteiger partial charge in [0.1, 0.15) is 0 Å². The average molecular weight is 140 g/mol. The van der Waals surface area contributed by atoms with Crippen molar-refractivity contribution in [2.45, 2.75) is 31.0 Å². The molecule has 0 amide bonds. The Morgan fingerprint density at radius 1 is 1.30 bits per heavy atom. The first-order chi connectivity index (χ1) is 4.74. The number of rotatable bonds is 0. The monoisotopic (exact) mass is 140 g/mol. The molecule has 0 aromatic heterocycles. The van der Waals surface area contributed by atoms with Gasteiger partial charge in [0.05, 0.1) is 11.7 Å². The van der Waals surface area contributed by atoms with E-state index in [9.17, 15) is 10.2 Å². The Morgan fingerprint density at radius 2 is 2.10 bits per heavy atom. The lowest BCUT2D eigenvalue weighted by molar-refractivity contribution is 0.0956. The first kappa shape index (κ1) is 5.56. The summed E-state index contributed by atoms with van der Waals surface area (Å²) in [6.07, 6.45) is 2.98. The van der Waals surface area contributed by atoms with Gasteiger partial charge >= 0.3 is 0 Å². The van der Waals surface area contributed by atoms with E-state index in [0.717, 1.165) is 19.3 Å². The van der Waals surface area contributed by atoms with Gasteiger partial charge in [-0.05, 0) is 31.1 Å². The van der Waals surface area contributed by atoms with Gasteiger partial charge in [0, 0.05) is 5.92 Å². The molecule has 5 atom stereocenters. The van der Waals surface area contributed by atoms with Crippen molar-refractivity contribution >= 4 is 0 Å². The van der Waals surface area contributed by atoms with Gasteiger partial charge in [0.15, 0.2) is 0 Å². The summed E-state index contributed by atoms with van der Waals surface area (Å²) in [6.45, 7) is 0. The van der Waals surface area contributed by atoms with Crippen LogP contribution in [0.2, 0.25) is 0 Å². The third-order valence-electron chi connectivity index (χ3n) is 3.87. The summed E-state index contributed by atoms with van der Waals surface area (Å²) in [5, 5.41) is 19.3. The lowest BCUT2D eigenvalue weighted by atomic mass is 10.0. The third-order valence-corrected chi connectivity index (χ3v) is 3.87. The van der Waals surface area contributed by atoms with Crippen LogP contribution in [0.4, 0.5) is 0 Å². The normalized spacial score (nSPS) is 70.2. The van der Waals surface area contributed by atoms with E-state index >= 15 is 0 Å². The van der Waals surface area contributed by atoms with Crippen LogP contribution in [0.5, 0.6) is 0 Å². The van der Waals surface area contributed by atoms with Crippen LogP contribution >= 0.6 is 0 Å². The Kier molecular flexibility index (Phi) is 0.710. The van der Waals surface area contributed by atoms with Crippen LogP contribution in [-0.4, -0.2) is 21.9 Å². The summed E-state index contributed by atoms with van der Waals surface area (Å²) in [6, 6.07) is 0. The van der Waals surface area contributed by atoms with E-state index in [2.05, 4.69) is 0 Å². The zero-order valence-corrected chi connectivity index (χ0v) is 5.83. The fourth-order valence-electron chi connectivity index (χ4n) is 3.42. The molecule has 0 aliphatic heterocycles. The van der Waals surface area contributed by atoms with Gasteiger partial charge in [-0.15, -0.1) is 0 Å². The maximum absolute atomic E-state index is 9.88. The van der Waals surface area contributed by atoms with Crippen molar-refractivity contribution in [1.82, 2.24) is 0 Å². The molecule has 56 valence electrons. The van der Waals surface area contributed by atoms with Gasteiger partial charge < -0.3 is 10.2 Å². The number of hydrogen-bond donors (Lipinski definition) is 2. The largest absolute Gasteiger partial charge is 0.393 e. The second-order valence-electron chi connectivity index (χ2n) is 4.10. The maximum Gasteiger partial charge on any atom is 0.0765 e. The van der Waals surface area contributed by atoms with E-state index < -0.39 is 0 Å². The zero-order chi connectivity index (χ0) is 6.93. The zero-order valence-electron chi connectivity index (χ0n) is 5.83. The number of aliphatic hydroxyl groups excluding tert-OH is 1. The smallest absolute Gasteiger partial charge is 0.0765 e. The molecule has 3 aliphatic rings. The van der Waals surface area contributed by atoms with Gasteiger partial charge in [-0.25, -0.2) is 0 Å². The van der Waals surface area contributed by atoms with E-state index in [4.69, 9.17) is 0 Å². The summed E-state index contributed by atoms with van der Waals surface area (Å²) in [5.74, 6) is 1.19. The van der Waals surface area contributed by atoms with Crippen LogP contribution in [-0.2, 0) is 0 Å². The van der Waals surface area contributed by atoms with Crippen molar-refractivity contribution < 1.29 is 10.2 Å². The highest BCUT2D eigenvalue weighted by atomic mass is 16.3. The van der Waals surface area contributed by atoms with E-state index in [1.807, 2.05) is 0 Å². The first-order valence-corrected chi connectivity index (χ1v) is 4.15. The Labute approximate surface area is 59.9 Å². The number of aliphatic hydroxyl groups is 2. The molecule has 2 heteroatoms. The molecule has 3 rings (SSSR count). The fraction of sp³-hybridized carbons (Fsp3) is 1.00. The van der Waals surface area contributed by atoms with Crippen molar-refractivity contribution in [2.75, 3.05) is 0 Å². The number of hydrogen-bond acceptors (Lipinski definition) is 2. The van der Waals surface area contributed by atoms with Gasteiger partial charge in [0.2, 0.25) is 0 Å². The summed E-state index contributed by atoms with van der Waals surface area (Å²) in [4.78, 5) is 0. The highest BCUT2D eigenvalue weighted by Crippen LogP contribution is 2.71. The molecule has 10 heavy (non-hydrogen) atoms. The van der Waals surface area contributed by atoms with E-state index in [-0.39, 0.29) is 17.6 Å². The second-order valence-corrected chi connectivity index (χ2v) is 4.10. The van der Waals surface area contributed by atoms with Crippen LogP contribution in [0, 0.1) is 17.8 Å². The van der Waals surface area contributed by atoms with Gasteiger partial charge in [-0.3, -0.25) is 0 Å². The lowest BCUT2D eigenvalue weighted by Crippen LogP contribution is -2.15. The topological polar surface area (TPSA) is 40.5 Å². The lowest BCUT2D eigenvalue weighted by Gasteiger charge is -2.10. The molecule has 0 radical (unpaired) electrons. The number of fused-ring (bicyclic) bond motifs is 1. The van der Waals surface area contributed by atoms with E-state index in [1.165, 1.54) is 0 Å². The average Bonchev–Trinajstić information content (AvgIpc) is 2.34. The Morgan fingerprint density at radius 3 is 2.60 bits per heavy atom. The predicted molar refractivity (Wildman–Crippen MR) is 35.3 cm³/mol. The Balaban J connectivity index is 2.03. The first-order valence-electron chi connectivity index (χ1n) is 4.15. The van der Waals surface area contributed by atoms with Gasteiger partial charge in [-0.1, -0.05) is 0 Å². The molecule has 0 aromatic rings. The molecule has 0 heterocycles. The summed E-state index contributed by atoms with van der Waals surface area (Å²) in [5.41, 5.74) is -0.389. The van der Waals surface area contributed by atoms with Crippen molar-refractivity contribution in [1.29, 1.82) is 0 Å². The van der Waals surface area contributed by atoms with E-state index in [1.54, 1.807) is 0 Å². The summed E-state index contributed by atoms with van der Waals surface area (Å²) >= 11 is 0. The van der Waals surface area contributed by atoms with Gasteiger partial charge in [-0.2, -0.15) is 0 Å². The predicted octanol–water partition coefficient (Wildman–Crippen LogP) is 0.138. The van der Waals surface area contributed by atoms with Crippen LogP contribution in [0.15, 0.2) is 0 Å². The molecule has 2 N–H and O–H groups in total. The molecule has 2 nitrogen and oxygen atoms in total. The van der Waals surface area contributed by atoms with Crippen LogP contribution in [0.1, 0.15) is 19.3 Å².